The molecule has 0 saturated carbocycles. The van der Waals surface area contributed by atoms with Crippen molar-refractivity contribution in [2.75, 3.05) is 11.9 Å². The topological polar surface area (TPSA) is 94.2 Å². The van der Waals surface area contributed by atoms with Gasteiger partial charge >= 0.3 is 12.2 Å². The first-order chi connectivity index (χ1) is 9.27. The maximum atomic E-state index is 12.5. The molecular weight excluding hydrogens is 279 g/mol. The summed E-state index contributed by atoms with van der Waals surface area (Å²) >= 11 is 0. The Balaban J connectivity index is 2.87. The molecular formula is C11H14F3N3O3. The van der Waals surface area contributed by atoms with Gasteiger partial charge in [-0.2, -0.15) is 13.2 Å². The van der Waals surface area contributed by atoms with Crippen molar-refractivity contribution in [1.29, 1.82) is 0 Å². The lowest BCUT2D eigenvalue weighted by Gasteiger charge is -2.15. The summed E-state index contributed by atoms with van der Waals surface area (Å²) in [5.74, 6) is 0. The van der Waals surface area contributed by atoms with Crippen molar-refractivity contribution in [2.24, 2.45) is 0 Å². The molecule has 20 heavy (non-hydrogen) atoms. The number of aromatic amines is 1. The number of aliphatic hydroxyl groups is 1. The quantitative estimate of drug-likeness (QED) is 0.673. The van der Waals surface area contributed by atoms with E-state index in [1.165, 1.54) is 0 Å². The summed E-state index contributed by atoms with van der Waals surface area (Å²) in [4.78, 5) is 24.7. The molecule has 4 N–H and O–H groups in total. The monoisotopic (exact) mass is 293 g/mol. The van der Waals surface area contributed by atoms with Gasteiger partial charge in [-0.1, -0.05) is 6.92 Å². The smallest absolute Gasteiger partial charge is 0.394 e. The van der Waals surface area contributed by atoms with E-state index >= 15 is 0 Å². The number of hydrogen-bond donors (Lipinski definition) is 4. The number of hydrogen-bond acceptors (Lipinski definition) is 3. The highest BCUT2D eigenvalue weighted by Crippen LogP contribution is 2.29. The van der Waals surface area contributed by atoms with E-state index in [4.69, 9.17) is 5.11 Å². The van der Waals surface area contributed by atoms with Gasteiger partial charge in [-0.25, -0.2) is 4.79 Å². The molecule has 1 aromatic rings. The Kier molecular flexibility index (Phi) is 5.14. The maximum Gasteiger partial charge on any atom is 0.417 e. The third-order valence-corrected chi connectivity index (χ3v) is 2.53. The number of alkyl halides is 3. The minimum absolute atomic E-state index is 0.317. The molecule has 0 bridgehead atoms. The van der Waals surface area contributed by atoms with Crippen LogP contribution in [0, 0.1) is 0 Å². The van der Waals surface area contributed by atoms with Gasteiger partial charge in [0.15, 0.2) is 0 Å². The van der Waals surface area contributed by atoms with E-state index < -0.39 is 35.1 Å². The maximum absolute atomic E-state index is 12.5. The van der Waals surface area contributed by atoms with Crippen molar-refractivity contribution >= 4 is 11.7 Å². The van der Waals surface area contributed by atoms with E-state index in [0.717, 1.165) is 0 Å². The van der Waals surface area contributed by atoms with Gasteiger partial charge in [-0.05, 0) is 12.5 Å². The summed E-state index contributed by atoms with van der Waals surface area (Å²) in [5.41, 5.74) is -2.46. The molecule has 0 saturated heterocycles. The fourth-order valence-electron chi connectivity index (χ4n) is 1.36. The van der Waals surface area contributed by atoms with E-state index in [1.54, 1.807) is 6.92 Å². The van der Waals surface area contributed by atoms with Gasteiger partial charge in [0.25, 0.3) is 5.56 Å². The number of urea groups is 1. The van der Waals surface area contributed by atoms with Crippen LogP contribution in [0.4, 0.5) is 23.7 Å². The highest BCUT2D eigenvalue weighted by Gasteiger charge is 2.31. The van der Waals surface area contributed by atoms with Crippen LogP contribution in [-0.2, 0) is 6.18 Å². The number of nitrogens with one attached hydrogen (secondary N) is 3. The third kappa shape index (κ3) is 4.26. The Bertz CT molecular complexity index is 524. The lowest BCUT2D eigenvalue weighted by molar-refractivity contribution is -0.137. The van der Waals surface area contributed by atoms with Crippen LogP contribution < -0.4 is 16.2 Å². The number of anilines is 1. The van der Waals surface area contributed by atoms with E-state index in [-0.39, 0.29) is 6.61 Å². The zero-order valence-electron chi connectivity index (χ0n) is 10.5. The molecule has 112 valence electrons. The highest BCUT2D eigenvalue weighted by molar-refractivity contribution is 5.89. The minimum atomic E-state index is -4.63. The fourth-order valence-corrected chi connectivity index (χ4v) is 1.36. The van der Waals surface area contributed by atoms with Crippen LogP contribution in [0.15, 0.2) is 17.1 Å². The largest absolute Gasteiger partial charge is 0.417 e. The average molecular weight is 293 g/mol. The van der Waals surface area contributed by atoms with Crippen LogP contribution in [0.3, 0.4) is 0 Å². The Hall–Kier alpha value is -2.03. The van der Waals surface area contributed by atoms with E-state index in [2.05, 4.69) is 5.32 Å². The molecule has 9 heteroatoms. The second kappa shape index (κ2) is 6.42. The van der Waals surface area contributed by atoms with E-state index in [9.17, 15) is 22.8 Å². The van der Waals surface area contributed by atoms with Crippen LogP contribution in [0.1, 0.15) is 18.9 Å². The SMILES string of the molecule is CCC(CO)NC(=O)Nc1cc(C(F)(F)F)c[nH]c1=O. The van der Waals surface area contributed by atoms with Crippen LogP contribution in [0.5, 0.6) is 0 Å². The predicted molar refractivity (Wildman–Crippen MR) is 65.4 cm³/mol. The number of halogens is 3. The predicted octanol–water partition coefficient (Wildman–Crippen LogP) is 1.29. The molecule has 0 aliphatic heterocycles. The molecule has 1 unspecified atom stereocenters. The Morgan fingerprint density at radius 1 is 1.50 bits per heavy atom. The molecule has 1 rings (SSSR count). The van der Waals surface area contributed by atoms with Crippen molar-refractivity contribution in [3.8, 4) is 0 Å². The molecule has 0 radical (unpaired) electrons. The van der Waals surface area contributed by atoms with Gasteiger partial charge < -0.3 is 20.7 Å². The summed E-state index contributed by atoms with van der Waals surface area (Å²) in [6.45, 7) is 1.39. The summed E-state index contributed by atoms with van der Waals surface area (Å²) < 4.78 is 37.4. The summed E-state index contributed by atoms with van der Waals surface area (Å²) in [7, 11) is 0. The highest BCUT2D eigenvalue weighted by atomic mass is 19.4. The molecule has 1 atom stereocenters. The normalized spacial score (nSPS) is 12.8. The third-order valence-electron chi connectivity index (χ3n) is 2.53. The molecule has 2 amide bonds. The Morgan fingerprint density at radius 3 is 2.65 bits per heavy atom. The summed E-state index contributed by atoms with van der Waals surface area (Å²) in [6, 6.07) is -0.867. The number of carbonyl (C=O) groups is 1. The van der Waals surface area contributed by atoms with Crippen LogP contribution in [0.25, 0.3) is 0 Å². The minimum Gasteiger partial charge on any atom is -0.394 e. The Labute approximate surface area is 112 Å². The zero-order valence-corrected chi connectivity index (χ0v) is 10.5. The summed E-state index contributed by atoms with van der Waals surface area (Å²) in [6.07, 6.45) is -3.68. The first-order valence-electron chi connectivity index (χ1n) is 5.76. The standard InChI is InChI=1S/C11H14F3N3O3/c1-2-7(5-18)16-10(20)17-8-3-6(11(12,13)14)4-15-9(8)19/h3-4,7,18H,2,5H2,1H3,(H,15,19)(H2,16,17,20). The molecule has 0 fully saturated rings. The molecule has 6 nitrogen and oxygen atoms in total. The number of aliphatic hydroxyl groups excluding tert-OH is 1. The van der Waals surface area contributed by atoms with Crippen LogP contribution >= 0.6 is 0 Å². The van der Waals surface area contributed by atoms with Gasteiger partial charge in [0, 0.05) is 6.20 Å². The molecule has 0 aromatic carbocycles. The number of rotatable bonds is 4. The van der Waals surface area contributed by atoms with Gasteiger partial charge in [-0.15, -0.1) is 0 Å². The zero-order chi connectivity index (χ0) is 15.3. The number of carbonyl (C=O) groups excluding carboxylic acids is 1. The van der Waals surface area contributed by atoms with Crippen molar-refractivity contribution < 1.29 is 23.1 Å². The van der Waals surface area contributed by atoms with Gasteiger partial charge in [-0.3, -0.25) is 4.79 Å². The summed E-state index contributed by atoms with van der Waals surface area (Å²) in [5, 5.41) is 13.2. The molecule has 0 spiro atoms. The average Bonchev–Trinajstić information content (AvgIpc) is 2.37. The fraction of sp³-hybridized carbons (Fsp3) is 0.455. The van der Waals surface area contributed by atoms with Gasteiger partial charge in [0.05, 0.1) is 18.2 Å². The molecule has 0 aliphatic rings. The molecule has 1 aromatic heterocycles. The number of H-pyrrole nitrogens is 1. The number of amides is 2. The van der Waals surface area contributed by atoms with Gasteiger partial charge in [0.2, 0.25) is 0 Å². The number of pyridine rings is 1. The lowest BCUT2D eigenvalue weighted by Crippen LogP contribution is -2.40. The molecule has 0 aliphatic carbocycles. The van der Waals surface area contributed by atoms with Crippen molar-refractivity contribution in [3.63, 3.8) is 0 Å². The van der Waals surface area contributed by atoms with Crippen LogP contribution in [-0.4, -0.2) is 28.8 Å². The van der Waals surface area contributed by atoms with E-state index in [0.29, 0.717) is 18.7 Å². The number of aromatic nitrogens is 1. The first kappa shape index (κ1) is 16.0. The van der Waals surface area contributed by atoms with Crippen molar-refractivity contribution in [3.05, 3.63) is 28.2 Å². The van der Waals surface area contributed by atoms with Crippen molar-refractivity contribution in [1.82, 2.24) is 10.3 Å². The first-order valence-corrected chi connectivity index (χ1v) is 5.76. The van der Waals surface area contributed by atoms with Crippen LogP contribution in [0.2, 0.25) is 0 Å². The molecule has 1 heterocycles. The van der Waals surface area contributed by atoms with E-state index in [1.807, 2.05) is 10.3 Å². The van der Waals surface area contributed by atoms with Gasteiger partial charge in [0.1, 0.15) is 5.69 Å². The van der Waals surface area contributed by atoms with Crippen molar-refractivity contribution in [2.45, 2.75) is 25.6 Å². The second-order valence-corrected chi connectivity index (χ2v) is 4.02. The Morgan fingerprint density at radius 2 is 2.15 bits per heavy atom. The second-order valence-electron chi connectivity index (χ2n) is 4.02. The lowest BCUT2D eigenvalue weighted by atomic mass is 10.2.